The standard InChI is InChI=1S/C13H11BrN4O3/c1-15-12-6-10(11(7-16-12)18(20)21)13(19)17-9-4-2-8(14)3-5-9/h2-7H,1H3,(H,15,16)(H,17,19). The summed E-state index contributed by atoms with van der Waals surface area (Å²) in [7, 11) is 1.62. The third kappa shape index (κ3) is 3.54. The predicted molar refractivity (Wildman–Crippen MR) is 82.5 cm³/mol. The minimum atomic E-state index is -0.636. The van der Waals surface area contributed by atoms with Gasteiger partial charge in [0.15, 0.2) is 0 Å². The second-order valence-corrected chi connectivity index (χ2v) is 4.97. The van der Waals surface area contributed by atoms with E-state index in [4.69, 9.17) is 0 Å². The zero-order valence-corrected chi connectivity index (χ0v) is 12.5. The van der Waals surface area contributed by atoms with E-state index in [2.05, 4.69) is 31.5 Å². The van der Waals surface area contributed by atoms with Gasteiger partial charge in [0.2, 0.25) is 0 Å². The van der Waals surface area contributed by atoms with Crippen molar-refractivity contribution in [3.8, 4) is 0 Å². The molecule has 0 aliphatic heterocycles. The first kappa shape index (κ1) is 14.9. The number of benzene rings is 1. The molecule has 0 unspecified atom stereocenters. The summed E-state index contributed by atoms with van der Waals surface area (Å²) >= 11 is 3.29. The van der Waals surface area contributed by atoms with Crippen LogP contribution in [0.4, 0.5) is 17.2 Å². The number of nitro groups is 1. The fraction of sp³-hybridized carbons (Fsp3) is 0.0769. The average molecular weight is 351 g/mol. The third-order valence-corrected chi connectivity index (χ3v) is 3.21. The number of aromatic nitrogens is 1. The number of nitrogens with zero attached hydrogens (tertiary/aromatic N) is 2. The molecular formula is C13H11BrN4O3. The molecule has 7 nitrogen and oxygen atoms in total. The largest absolute Gasteiger partial charge is 0.373 e. The fourth-order valence-corrected chi connectivity index (χ4v) is 1.91. The Bertz CT molecular complexity index is 688. The Balaban J connectivity index is 2.33. The fourth-order valence-electron chi connectivity index (χ4n) is 1.64. The van der Waals surface area contributed by atoms with Crippen LogP contribution < -0.4 is 10.6 Å². The molecule has 0 bridgehead atoms. The summed E-state index contributed by atoms with van der Waals surface area (Å²) in [5.74, 6) is -0.190. The molecule has 2 rings (SSSR count). The van der Waals surface area contributed by atoms with Crippen LogP contribution in [0.2, 0.25) is 0 Å². The lowest BCUT2D eigenvalue weighted by molar-refractivity contribution is -0.385. The Morgan fingerprint density at radius 1 is 1.33 bits per heavy atom. The van der Waals surface area contributed by atoms with E-state index in [1.807, 2.05) is 0 Å². The van der Waals surface area contributed by atoms with Crippen molar-refractivity contribution in [2.24, 2.45) is 0 Å². The lowest BCUT2D eigenvalue weighted by atomic mass is 10.2. The van der Waals surface area contributed by atoms with Gasteiger partial charge in [-0.05, 0) is 24.3 Å². The highest BCUT2D eigenvalue weighted by Crippen LogP contribution is 2.22. The first-order valence-corrected chi connectivity index (χ1v) is 6.69. The molecule has 0 saturated heterocycles. The molecule has 1 aromatic heterocycles. The summed E-state index contributed by atoms with van der Waals surface area (Å²) in [6.07, 6.45) is 1.06. The van der Waals surface area contributed by atoms with Crippen LogP contribution >= 0.6 is 15.9 Å². The van der Waals surface area contributed by atoms with Crippen LogP contribution in [0.25, 0.3) is 0 Å². The van der Waals surface area contributed by atoms with E-state index < -0.39 is 10.8 Å². The molecule has 2 N–H and O–H groups in total. The van der Waals surface area contributed by atoms with Crippen LogP contribution in [-0.4, -0.2) is 22.9 Å². The molecule has 0 aliphatic rings. The summed E-state index contributed by atoms with van der Waals surface area (Å²) in [6.45, 7) is 0. The number of halogens is 1. The molecule has 0 atom stereocenters. The van der Waals surface area contributed by atoms with Crippen LogP contribution in [0.5, 0.6) is 0 Å². The van der Waals surface area contributed by atoms with E-state index in [1.165, 1.54) is 6.07 Å². The van der Waals surface area contributed by atoms with Crippen molar-refractivity contribution in [2.75, 3.05) is 17.7 Å². The SMILES string of the molecule is CNc1cc(C(=O)Nc2ccc(Br)cc2)c([N+](=O)[O-])cn1. The second kappa shape index (κ2) is 6.31. The molecule has 0 spiro atoms. The number of anilines is 2. The molecule has 108 valence electrons. The van der Waals surface area contributed by atoms with E-state index in [0.717, 1.165) is 10.7 Å². The van der Waals surface area contributed by atoms with Crippen molar-refractivity contribution in [2.45, 2.75) is 0 Å². The number of pyridine rings is 1. The van der Waals surface area contributed by atoms with Gasteiger partial charge in [0, 0.05) is 23.3 Å². The third-order valence-electron chi connectivity index (χ3n) is 2.68. The Hall–Kier alpha value is -2.48. The molecule has 1 heterocycles. The molecule has 1 amide bonds. The quantitative estimate of drug-likeness (QED) is 0.652. The number of carbonyl (C=O) groups is 1. The van der Waals surface area contributed by atoms with Crippen LogP contribution in [0.1, 0.15) is 10.4 Å². The van der Waals surface area contributed by atoms with Gasteiger partial charge in [0.1, 0.15) is 17.6 Å². The molecule has 0 aliphatic carbocycles. The number of nitrogens with one attached hydrogen (secondary N) is 2. The molecule has 0 radical (unpaired) electrons. The number of hydrogen-bond acceptors (Lipinski definition) is 5. The van der Waals surface area contributed by atoms with E-state index in [9.17, 15) is 14.9 Å². The molecule has 21 heavy (non-hydrogen) atoms. The first-order valence-electron chi connectivity index (χ1n) is 5.90. The van der Waals surface area contributed by atoms with Gasteiger partial charge in [-0.15, -0.1) is 0 Å². The van der Waals surface area contributed by atoms with Gasteiger partial charge in [-0.3, -0.25) is 14.9 Å². The van der Waals surface area contributed by atoms with E-state index >= 15 is 0 Å². The Morgan fingerprint density at radius 2 is 2.00 bits per heavy atom. The minimum Gasteiger partial charge on any atom is -0.373 e. The number of amides is 1. The average Bonchev–Trinajstić information content (AvgIpc) is 2.48. The number of carbonyl (C=O) groups excluding carboxylic acids is 1. The van der Waals surface area contributed by atoms with Crippen molar-refractivity contribution < 1.29 is 9.72 Å². The molecule has 2 aromatic rings. The Kier molecular flexibility index (Phi) is 4.49. The highest BCUT2D eigenvalue weighted by atomic mass is 79.9. The van der Waals surface area contributed by atoms with Gasteiger partial charge in [0.05, 0.1) is 4.92 Å². The van der Waals surface area contributed by atoms with Crippen molar-refractivity contribution in [1.82, 2.24) is 4.98 Å². The lowest BCUT2D eigenvalue weighted by Gasteiger charge is -2.07. The first-order chi connectivity index (χ1) is 10.0. The maximum atomic E-state index is 12.2. The molecule has 0 saturated carbocycles. The smallest absolute Gasteiger partial charge is 0.300 e. The highest BCUT2D eigenvalue weighted by Gasteiger charge is 2.21. The van der Waals surface area contributed by atoms with Gasteiger partial charge in [-0.25, -0.2) is 4.98 Å². The summed E-state index contributed by atoms with van der Waals surface area (Å²) in [4.78, 5) is 26.4. The highest BCUT2D eigenvalue weighted by molar-refractivity contribution is 9.10. The molecule has 1 aromatic carbocycles. The van der Waals surface area contributed by atoms with Gasteiger partial charge >= 0.3 is 0 Å². The predicted octanol–water partition coefficient (Wildman–Crippen LogP) is 3.05. The normalized spacial score (nSPS) is 10.0. The Labute approximate surface area is 128 Å². The van der Waals surface area contributed by atoms with Gasteiger partial charge in [-0.2, -0.15) is 0 Å². The summed E-state index contributed by atoms with van der Waals surface area (Å²) < 4.78 is 0.868. The number of hydrogen-bond donors (Lipinski definition) is 2. The molecular weight excluding hydrogens is 340 g/mol. The van der Waals surface area contributed by atoms with E-state index in [1.54, 1.807) is 31.3 Å². The van der Waals surface area contributed by atoms with Crippen LogP contribution in [-0.2, 0) is 0 Å². The van der Waals surface area contributed by atoms with Gasteiger partial charge in [0.25, 0.3) is 11.6 Å². The maximum Gasteiger partial charge on any atom is 0.300 e. The summed E-state index contributed by atoms with van der Waals surface area (Å²) in [6, 6.07) is 8.24. The number of rotatable bonds is 4. The topological polar surface area (TPSA) is 97.2 Å². The summed E-state index contributed by atoms with van der Waals surface area (Å²) in [5.41, 5.74) is 0.145. The van der Waals surface area contributed by atoms with Gasteiger partial charge in [-0.1, -0.05) is 15.9 Å². The van der Waals surface area contributed by atoms with Crippen LogP contribution in [0.15, 0.2) is 41.0 Å². The molecule has 0 fully saturated rings. The minimum absolute atomic E-state index is 0.0535. The zero-order valence-electron chi connectivity index (χ0n) is 11.0. The van der Waals surface area contributed by atoms with Crippen molar-refractivity contribution in [3.05, 3.63) is 56.7 Å². The van der Waals surface area contributed by atoms with Crippen molar-refractivity contribution >= 4 is 39.0 Å². The van der Waals surface area contributed by atoms with Gasteiger partial charge < -0.3 is 10.6 Å². The lowest BCUT2D eigenvalue weighted by Crippen LogP contribution is -2.14. The monoisotopic (exact) mass is 350 g/mol. The maximum absolute atomic E-state index is 12.2. The van der Waals surface area contributed by atoms with E-state index in [-0.39, 0.29) is 11.3 Å². The zero-order chi connectivity index (χ0) is 15.4. The summed E-state index contributed by atoms with van der Waals surface area (Å²) in [5, 5.41) is 16.3. The molecule has 8 heteroatoms. The van der Waals surface area contributed by atoms with Crippen LogP contribution in [0.3, 0.4) is 0 Å². The van der Waals surface area contributed by atoms with Crippen molar-refractivity contribution in [3.63, 3.8) is 0 Å². The second-order valence-electron chi connectivity index (χ2n) is 4.05. The Morgan fingerprint density at radius 3 is 2.57 bits per heavy atom. The van der Waals surface area contributed by atoms with Crippen LogP contribution in [0, 0.1) is 10.1 Å². The van der Waals surface area contributed by atoms with Crippen molar-refractivity contribution in [1.29, 1.82) is 0 Å². The van der Waals surface area contributed by atoms with E-state index in [0.29, 0.717) is 11.5 Å².